The third-order valence-electron chi connectivity index (χ3n) is 4.46. The van der Waals surface area contributed by atoms with Crippen molar-refractivity contribution >= 4 is 32.7 Å². The fourth-order valence-electron chi connectivity index (χ4n) is 3.20. The Morgan fingerprint density at radius 2 is 2.00 bits per heavy atom. The van der Waals surface area contributed by atoms with Gasteiger partial charge in [-0.15, -0.1) is 0 Å². The van der Waals surface area contributed by atoms with Crippen LogP contribution in [0.3, 0.4) is 0 Å². The number of nitrogens with zero attached hydrogens (tertiary/aromatic N) is 2. The number of aliphatic imine (C=N–C) groups is 1. The average Bonchev–Trinajstić information content (AvgIpc) is 3.05. The van der Waals surface area contributed by atoms with Crippen LogP contribution in [-0.2, 0) is 25.8 Å². The Balaban J connectivity index is 1.75. The van der Waals surface area contributed by atoms with Gasteiger partial charge in [0.2, 0.25) is 0 Å². The van der Waals surface area contributed by atoms with Gasteiger partial charge in [-0.1, -0.05) is 23.9 Å². The Kier molecular flexibility index (Phi) is 5.89. The van der Waals surface area contributed by atoms with Crippen LogP contribution >= 0.6 is 11.8 Å². The van der Waals surface area contributed by atoms with Crippen LogP contribution in [0, 0.1) is 0 Å². The molecule has 2 heterocycles. The number of hydrogen-bond acceptors (Lipinski definition) is 6. The zero-order valence-corrected chi connectivity index (χ0v) is 16.4. The first kappa shape index (κ1) is 19.2. The third-order valence-corrected chi connectivity index (χ3v) is 7.71. The number of amidine groups is 1. The van der Waals surface area contributed by atoms with Crippen LogP contribution in [0.4, 0.5) is 0 Å². The summed E-state index contributed by atoms with van der Waals surface area (Å²) in [7, 11) is 0.0328. The average molecular weight is 399 g/mol. The molecule has 0 N–H and O–H groups in total. The normalized spacial score (nSPS) is 25.5. The molecule has 0 bridgehead atoms. The minimum Gasteiger partial charge on any atom is -0.497 e. The van der Waals surface area contributed by atoms with Gasteiger partial charge >= 0.3 is 0 Å². The van der Waals surface area contributed by atoms with E-state index < -0.39 is 9.84 Å². The maximum atomic E-state index is 12.0. The molecule has 7 nitrogen and oxygen atoms in total. The minimum atomic E-state index is -3.04. The van der Waals surface area contributed by atoms with Gasteiger partial charge in [0, 0.05) is 18.9 Å². The van der Waals surface area contributed by atoms with Crippen molar-refractivity contribution < 1.29 is 22.7 Å². The van der Waals surface area contributed by atoms with Crippen molar-refractivity contribution in [2.75, 3.05) is 38.9 Å². The lowest BCUT2D eigenvalue weighted by atomic mass is 10.1. The number of fused-ring (bicyclic) bond motifs is 1. The van der Waals surface area contributed by atoms with Gasteiger partial charge in [0.25, 0.3) is 5.91 Å². The molecule has 2 atom stereocenters. The van der Waals surface area contributed by atoms with Crippen molar-refractivity contribution in [3.8, 4) is 5.75 Å². The standard InChI is InChI=1S/C17H22N2O5S2/c1-23-9-16(20)18-17-19(14-10-26(21,22)11-15(14)25-17)8-7-12-3-5-13(24-2)6-4-12/h3-6,14-15H,7-11H2,1-2H3/t14-,15-/m0/s1. The maximum Gasteiger partial charge on any atom is 0.274 e. The number of amides is 1. The summed E-state index contributed by atoms with van der Waals surface area (Å²) < 4.78 is 34.0. The zero-order valence-electron chi connectivity index (χ0n) is 14.8. The van der Waals surface area contributed by atoms with E-state index in [0.717, 1.165) is 17.7 Å². The summed E-state index contributed by atoms with van der Waals surface area (Å²) >= 11 is 1.39. The van der Waals surface area contributed by atoms with E-state index in [2.05, 4.69) is 4.99 Å². The molecule has 2 aliphatic rings. The summed E-state index contributed by atoms with van der Waals surface area (Å²) in [5, 5.41) is 0.537. The van der Waals surface area contributed by atoms with Gasteiger partial charge in [0.15, 0.2) is 15.0 Å². The Bertz CT molecular complexity index is 792. The molecule has 0 aliphatic carbocycles. The monoisotopic (exact) mass is 398 g/mol. The number of carbonyl (C=O) groups is 1. The highest BCUT2D eigenvalue weighted by molar-refractivity contribution is 8.15. The molecule has 0 aromatic heterocycles. The van der Waals surface area contributed by atoms with Crippen LogP contribution in [0.5, 0.6) is 5.75 Å². The van der Waals surface area contributed by atoms with Gasteiger partial charge in [-0.25, -0.2) is 8.42 Å². The van der Waals surface area contributed by atoms with Gasteiger partial charge in [-0.05, 0) is 24.1 Å². The smallest absolute Gasteiger partial charge is 0.274 e. The van der Waals surface area contributed by atoms with E-state index in [0.29, 0.717) is 11.7 Å². The lowest BCUT2D eigenvalue weighted by Crippen LogP contribution is -2.39. The van der Waals surface area contributed by atoms with Gasteiger partial charge in [-0.2, -0.15) is 4.99 Å². The molecule has 0 spiro atoms. The molecule has 1 amide bonds. The molecule has 3 rings (SSSR count). The highest BCUT2D eigenvalue weighted by atomic mass is 32.2. The van der Waals surface area contributed by atoms with Gasteiger partial charge in [0.05, 0.1) is 24.7 Å². The van der Waals surface area contributed by atoms with Crippen molar-refractivity contribution in [3.05, 3.63) is 29.8 Å². The fourth-order valence-corrected chi connectivity index (χ4v) is 7.20. The number of carbonyl (C=O) groups excluding carboxylic acids is 1. The second-order valence-electron chi connectivity index (χ2n) is 6.31. The summed E-state index contributed by atoms with van der Waals surface area (Å²) in [5.41, 5.74) is 1.11. The van der Waals surface area contributed by atoms with E-state index in [9.17, 15) is 13.2 Å². The van der Waals surface area contributed by atoms with Crippen molar-refractivity contribution in [3.63, 3.8) is 0 Å². The number of benzene rings is 1. The van der Waals surface area contributed by atoms with Gasteiger partial charge < -0.3 is 14.4 Å². The van der Waals surface area contributed by atoms with E-state index in [1.807, 2.05) is 29.2 Å². The van der Waals surface area contributed by atoms with Crippen LogP contribution in [0.15, 0.2) is 29.3 Å². The summed E-state index contributed by atoms with van der Waals surface area (Å²) in [6.07, 6.45) is 0.727. The second kappa shape index (κ2) is 7.98. The molecule has 2 saturated heterocycles. The van der Waals surface area contributed by atoms with E-state index in [1.54, 1.807) is 7.11 Å². The Morgan fingerprint density at radius 1 is 1.27 bits per heavy atom. The number of rotatable bonds is 6. The molecule has 142 valence electrons. The Hall–Kier alpha value is -1.58. The number of thioether (sulfide) groups is 1. The first-order chi connectivity index (χ1) is 12.4. The SMILES string of the molecule is COCC(=O)N=C1S[C@H]2CS(=O)(=O)C[C@@H]2N1CCc1ccc(OC)cc1. The molecule has 0 radical (unpaired) electrons. The highest BCUT2D eigenvalue weighted by Gasteiger charge is 2.48. The maximum absolute atomic E-state index is 12.0. The lowest BCUT2D eigenvalue weighted by molar-refractivity contribution is -0.121. The predicted octanol–water partition coefficient (Wildman–Crippen LogP) is 0.981. The van der Waals surface area contributed by atoms with E-state index in [1.165, 1.54) is 18.9 Å². The van der Waals surface area contributed by atoms with Crippen molar-refractivity contribution in [2.45, 2.75) is 17.7 Å². The van der Waals surface area contributed by atoms with Crippen molar-refractivity contribution in [2.24, 2.45) is 4.99 Å². The molecule has 1 aromatic carbocycles. The summed E-state index contributed by atoms with van der Waals surface area (Å²) in [6, 6.07) is 7.63. The zero-order chi connectivity index (χ0) is 18.7. The third kappa shape index (κ3) is 4.39. The molecular formula is C17H22N2O5S2. The molecule has 0 unspecified atom stereocenters. The van der Waals surface area contributed by atoms with Crippen LogP contribution < -0.4 is 4.74 Å². The predicted molar refractivity (Wildman–Crippen MR) is 102 cm³/mol. The van der Waals surface area contributed by atoms with Gasteiger partial charge in [-0.3, -0.25) is 4.79 Å². The van der Waals surface area contributed by atoms with Crippen molar-refractivity contribution in [1.82, 2.24) is 4.90 Å². The van der Waals surface area contributed by atoms with E-state index in [-0.39, 0.29) is 35.3 Å². The molecular weight excluding hydrogens is 376 g/mol. The quantitative estimate of drug-likeness (QED) is 0.706. The lowest BCUT2D eigenvalue weighted by Gasteiger charge is -2.24. The number of sulfone groups is 1. The van der Waals surface area contributed by atoms with Crippen molar-refractivity contribution in [1.29, 1.82) is 0 Å². The Labute approximate surface area is 157 Å². The first-order valence-electron chi connectivity index (χ1n) is 8.29. The Morgan fingerprint density at radius 3 is 2.65 bits per heavy atom. The van der Waals surface area contributed by atoms with Crippen LogP contribution in [0.25, 0.3) is 0 Å². The van der Waals surface area contributed by atoms with Crippen LogP contribution in [0.1, 0.15) is 5.56 Å². The topological polar surface area (TPSA) is 85.3 Å². The molecule has 26 heavy (non-hydrogen) atoms. The number of hydrogen-bond donors (Lipinski definition) is 0. The molecule has 2 fully saturated rings. The van der Waals surface area contributed by atoms with Crippen LogP contribution in [-0.4, -0.2) is 74.6 Å². The van der Waals surface area contributed by atoms with E-state index in [4.69, 9.17) is 9.47 Å². The largest absolute Gasteiger partial charge is 0.497 e. The van der Waals surface area contributed by atoms with Crippen LogP contribution in [0.2, 0.25) is 0 Å². The first-order valence-corrected chi connectivity index (χ1v) is 11.0. The fraction of sp³-hybridized carbons (Fsp3) is 0.529. The molecule has 2 aliphatic heterocycles. The highest BCUT2D eigenvalue weighted by Crippen LogP contribution is 2.38. The number of methoxy groups -OCH3 is 2. The van der Waals surface area contributed by atoms with E-state index >= 15 is 0 Å². The number of ether oxygens (including phenoxy) is 2. The summed E-state index contributed by atoms with van der Waals surface area (Å²) in [6.45, 7) is 0.527. The molecule has 9 heteroatoms. The summed E-state index contributed by atoms with van der Waals surface area (Å²) in [5.74, 6) is 0.691. The minimum absolute atomic E-state index is 0.0648. The molecule has 1 aromatic rings. The molecule has 0 saturated carbocycles. The summed E-state index contributed by atoms with van der Waals surface area (Å²) in [4.78, 5) is 18.0. The van der Waals surface area contributed by atoms with Gasteiger partial charge in [0.1, 0.15) is 12.4 Å². The second-order valence-corrected chi connectivity index (χ2v) is 9.67.